The van der Waals surface area contributed by atoms with Crippen LogP contribution >= 0.6 is 0 Å². The van der Waals surface area contributed by atoms with Crippen LogP contribution in [0.3, 0.4) is 0 Å². The standard InChI is InChI=1S/C55H35N3O/c1-4-14-36(15-5-1)38-26-28-40(29-27-38)49-35-48(39-18-8-3-9-19-39)57-55(58-49)42-32-30-41(31-33-42)53-54-52(46-22-10-11-25-50(46)59-54)51-45(23-13-24-47(51)56-53)44-21-12-20-43(34-44)37-16-6-2-7-17-37/h1-35H. The van der Waals surface area contributed by atoms with E-state index in [9.17, 15) is 0 Å². The molecule has 59 heavy (non-hydrogen) atoms. The van der Waals surface area contributed by atoms with Gasteiger partial charge in [0.25, 0.3) is 0 Å². The third-order valence-corrected chi connectivity index (χ3v) is 11.1. The monoisotopic (exact) mass is 753 g/mol. The summed E-state index contributed by atoms with van der Waals surface area (Å²) in [4.78, 5) is 15.6. The van der Waals surface area contributed by atoms with E-state index in [4.69, 9.17) is 19.4 Å². The summed E-state index contributed by atoms with van der Waals surface area (Å²) in [5.41, 5.74) is 15.9. The number of para-hydroxylation sites is 1. The second kappa shape index (κ2) is 14.5. The minimum Gasteiger partial charge on any atom is -0.454 e. The number of furan rings is 1. The van der Waals surface area contributed by atoms with Gasteiger partial charge in [0.05, 0.1) is 16.9 Å². The highest BCUT2D eigenvalue weighted by atomic mass is 16.3. The molecular weight excluding hydrogens is 719 g/mol. The van der Waals surface area contributed by atoms with Gasteiger partial charge in [-0.2, -0.15) is 0 Å². The average molecular weight is 754 g/mol. The van der Waals surface area contributed by atoms with Gasteiger partial charge in [-0.15, -0.1) is 0 Å². The molecule has 8 aromatic carbocycles. The molecule has 0 atom stereocenters. The number of benzene rings is 8. The van der Waals surface area contributed by atoms with Crippen LogP contribution in [0.4, 0.5) is 0 Å². The molecule has 0 aliphatic heterocycles. The van der Waals surface area contributed by atoms with Gasteiger partial charge in [0.15, 0.2) is 11.4 Å². The summed E-state index contributed by atoms with van der Waals surface area (Å²) < 4.78 is 6.72. The molecule has 276 valence electrons. The van der Waals surface area contributed by atoms with Crippen molar-refractivity contribution in [1.29, 1.82) is 0 Å². The van der Waals surface area contributed by atoms with Crippen LogP contribution in [0.25, 0.3) is 111 Å². The van der Waals surface area contributed by atoms with Crippen LogP contribution in [0.2, 0.25) is 0 Å². The Morgan fingerprint density at radius 2 is 0.831 bits per heavy atom. The van der Waals surface area contributed by atoms with Gasteiger partial charge in [-0.25, -0.2) is 15.0 Å². The molecule has 0 aliphatic rings. The van der Waals surface area contributed by atoms with E-state index in [0.29, 0.717) is 5.82 Å². The summed E-state index contributed by atoms with van der Waals surface area (Å²) in [6.45, 7) is 0. The molecule has 0 radical (unpaired) electrons. The van der Waals surface area contributed by atoms with Gasteiger partial charge in [0, 0.05) is 38.4 Å². The van der Waals surface area contributed by atoms with Gasteiger partial charge in [-0.05, 0) is 57.6 Å². The number of fused-ring (bicyclic) bond motifs is 5. The number of hydrogen-bond donors (Lipinski definition) is 0. The quantitative estimate of drug-likeness (QED) is 0.163. The lowest BCUT2D eigenvalue weighted by atomic mass is 9.93. The summed E-state index contributed by atoms with van der Waals surface area (Å²) >= 11 is 0. The van der Waals surface area contributed by atoms with Gasteiger partial charge in [0.1, 0.15) is 11.3 Å². The van der Waals surface area contributed by atoms with Crippen LogP contribution in [-0.4, -0.2) is 15.0 Å². The molecule has 0 saturated carbocycles. The minimum atomic E-state index is 0.655. The number of rotatable bonds is 7. The zero-order chi connectivity index (χ0) is 39.1. The molecule has 0 aliphatic carbocycles. The Labute approximate surface area is 341 Å². The number of hydrogen-bond acceptors (Lipinski definition) is 4. The number of nitrogens with zero attached hydrogens (tertiary/aromatic N) is 3. The predicted octanol–water partition coefficient (Wildman–Crippen LogP) is 14.6. The van der Waals surface area contributed by atoms with Crippen LogP contribution < -0.4 is 0 Å². The Morgan fingerprint density at radius 1 is 0.322 bits per heavy atom. The van der Waals surface area contributed by atoms with Crippen molar-refractivity contribution in [3.05, 3.63) is 212 Å². The molecule has 4 nitrogen and oxygen atoms in total. The second-order valence-electron chi connectivity index (χ2n) is 14.8. The maximum atomic E-state index is 6.72. The molecule has 4 heteroatoms. The lowest BCUT2D eigenvalue weighted by Gasteiger charge is -2.13. The molecular formula is C55H35N3O. The maximum absolute atomic E-state index is 6.72. The Balaban J connectivity index is 1.03. The van der Waals surface area contributed by atoms with Crippen LogP contribution in [0, 0.1) is 0 Å². The molecule has 0 bridgehead atoms. The Morgan fingerprint density at radius 3 is 1.54 bits per heavy atom. The highest BCUT2D eigenvalue weighted by Crippen LogP contribution is 2.43. The van der Waals surface area contributed by atoms with E-state index in [1.807, 2.05) is 36.4 Å². The summed E-state index contributed by atoms with van der Waals surface area (Å²) in [5, 5.41) is 3.20. The van der Waals surface area contributed by atoms with Crippen molar-refractivity contribution < 1.29 is 4.42 Å². The number of aromatic nitrogens is 3. The van der Waals surface area contributed by atoms with Gasteiger partial charge in [-0.1, -0.05) is 188 Å². The number of pyridine rings is 1. The van der Waals surface area contributed by atoms with E-state index in [1.54, 1.807) is 0 Å². The molecule has 11 aromatic rings. The fraction of sp³-hybridized carbons (Fsp3) is 0. The van der Waals surface area contributed by atoms with Crippen LogP contribution in [0.5, 0.6) is 0 Å². The van der Waals surface area contributed by atoms with Crippen molar-refractivity contribution in [3.8, 4) is 78.5 Å². The third-order valence-electron chi connectivity index (χ3n) is 11.1. The molecule has 11 rings (SSSR count). The van der Waals surface area contributed by atoms with Gasteiger partial charge in [-0.3, -0.25) is 0 Å². The molecule has 0 N–H and O–H groups in total. The van der Waals surface area contributed by atoms with E-state index in [-0.39, 0.29) is 0 Å². The highest BCUT2D eigenvalue weighted by Gasteiger charge is 2.21. The summed E-state index contributed by atoms with van der Waals surface area (Å²) in [5.74, 6) is 0.655. The third kappa shape index (κ3) is 6.34. The Hall–Kier alpha value is -7.95. The van der Waals surface area contributed by atoms with Crippen LogP contribution in [0.15, 0.2) is 217 Å². The SMILES string of the molecule is c1ccc(-c2ccc(-c3cc(-c4ccccc4)nc(-c4ccc(-c5nc6cccc(-c7cccc(-c8ccccc8)c7)c6c6c5oc5ccccc56)cc4)n3)cc2)cc1. The van der Waals surface area contributed by atoms with Gasteiger partial charge >= 0.3 is 0 Å². The summed E-state index contributed by atoms with van der Waals surface area (Å²) in [6.07, 6.45) is 0. The first kappa shape index (κ1) is 34.3. The average Bonchev–Trinajstić information content (AvgIpc) is 3.72. The Kier molecular flexibility index (Phi) is 8.45. The van der Waals surface area contributed by atoms with Crippen molar-refractivity contribution in [1.82, 2.24) is 15.0 Å². The van der Waals surface area contributed by atoms with Crippen LogP contribution in [-0.2, 0) is 0 Å². The summed E-state index contributed by atoms with van der Waals surface area (Å²) in [6, 6.07) is 73.7. The van der Waals surface area contributed by atoms with E-state index in [1.165, 1.54) is 16.7 Å². The molecule has 0 fully saturated rings. The molecule has 0 saturated heterocycles. The molecule has 3 heterocycles. The predicted molar refractivity (Wildman–Crippen MR) is 243 cm³/mol. The lowest BCUT2D eigenvalue weighted by Crippen LogP contribution is -1.96. The fourth-order valence-corrected chi connectivity index (χ4v) is 8.18. The normalized spacial score (nSPS) is 11.4. The smallest absolute Gasteiger partial charge is 0.162 e. The Bertz CT molecular complexity index is 3280. The topological polar surface area (TPSA) is 51.8 Å². The summed E-state index contributed by atoms with van der Waals surface area (Å²) in [7, 11) is 0. The van der Waals surface area contributed by atoms with E-state index < -0.39 is 0 Å². The van der Waals surface area contributed by atoms with E-state index in [2.05, 4.69) is 176 Å². The van der Waals surface area contributed by atoms with Crippen molar-refractivity contribution in [2.45, 2.75) is 0 Å². The zero-order valence-corrected chi connectivity index (χ0v) is 32.0. The lowest BCUT2D eigenvalue weighted by molar-refractivity contribution is 0.669. The van der Waals surface area contributed by atoms with E-state index >= 15 is 0 Å². The van der Waals surface area contributed by atoms with Crippen molar-refractivity contribution in [2.24, 2.45) is 0 Å². The van der Waals surface area contributed by atoms with Crippen LogP contribution in [0.1, 0.15) is 0 Å². The molecule has 3 aromatic heterocycles. The minimum absolute atomic E-state index is 0.655. The molecule has 0 unspecified atom stereocenters. The second-order valence-corrected chi connectivity index (χ2v) is 14.8. The van der Waals surface area contributed by atoms with Crippen molar-refractivity contribution in [2.75, 3.05) is 0 Å². The van der Waals surface area contributed by atoms with Crippen molar-refractivity contribution in [3.63, 3.8) is 0 Å². The molecule has 0 amide bonds. The largest absolute Gasteiger partial charge is 0.454 e. The molecule has 0 spiro atoms. The van der Waals surface area contributed by atoms with Crippen molar-refractivity contribution >= 4 is 32.8 Å². The first-order chi connectivity index (χ1) is 29.2. The first-order valence-corrected chi connectivity index (χ1v) is 19.8. The van der Waals surface area contributed by atoms with E-state index in [0.717, 1.165) is 88.9 Å². The maximum Gasteiger partial charge on any atom is 0.162 e. The zero-order valence-electron chi connectivity index (χ0n) is 32.0. The highest BCUT2D eigenvalue weighted by molar-refractivity contribution is 6.24. The first-order valence-electron chi connectivity index (χ1n) is 19.8. The fourth-order valence-electron chi connectivity index (χ4n) is 8.18. The van der Waals surface area contributed by atoms with Gasteiger partial charge in [0.2, 0.25) is 0 Å². The van der Waals surface area contributed by atoms with Gasteiger partial charge < -0.3 is 4.42 Å².